The van der Waals surface area contributed by atoms with Crippen molar-refractivity contribution in [3.63, 3.8) is 0 Å². The molecule has 1 unspecified atom stereocenters. The standard InChI is InChI=1S/C13H17F3O/c1-9(2)7-10-5-3-4-6-11(10)12(17)8-13(14,15)16/h3-6,9,12,17H,7-8H2,1-2H3. The number of hydrogen-bond acceptors (Lipinski definition) is 1. The summed E-state index contributed by atoms with van der Waals surface area (Å²) in [5.41, 5.74) is 1.18. The highest BCUT2D eigenvalue weighted by molar-refractivity contribution is 5.29. The molecule has 1 rings (SSSR count). The zero-order valence-corrected chi connectivity index (χ0v) is 9.96. The Morgan fingerprint density at radius 1 is 1.18 bits per heavy atom. The third kappa shape index (κ3) is 4.77. The average molecular weight is 246 g/mol. The van der Waals surface area contributed by atoms with Gasteiger partial charge in [-0.3, -0.25) is 0 Å². The smallest absolute Gasteiger partial charge is 0.388 e. The quantitative estimate of drug-likeness (QED) is 0.855. The van der Waals surface area contributed by atoms with Crippen LogP contribution in [0.1, 0.15) is 37.5 Å². The number of benzene rings is 1. The second-order valence-electron chi connectivity index (χ2n) is 4.63. The van der Waals surface area contributed by atoms with Gasteiger partial charge >= 0.3 is 6.18 Å². The van der Waals surface area contributed by atoms with Crippen molar-refractivity contribution >= 4 is 0 Å². The van der Waals surface area contributed by atoms with Gasteiger partial charge < -0.3 is 5.11 Å². The number of aliphatic hydroxyl groups excluding tert-OH is 1. The molecule has 1 aromatic carbocycles. The van der Waals surface area contributed by atoms with Crippen LogP contribution in [0, 0.1) is 5.92 Å². The van der Waals surface area contributed by atoms with Crippen LogP contribution < -0.4 is 0 Å². The number of aliphatic hydroxyl groups is 1. The van der Waals surface area contributed by atoms with Crippen molar-refractivity contribution in [1.82, 2.24) is 0 Å². The van der Waals surface area contributed by atoms with E-state index in [4.69, 9.17) is 0 Å². The summed E-state index contributed by atoms with van der Waals surface area (Å²) in [5, 5.41) is 9.63. The normalized spacial score (nSPS) is 14.1. The summed E-state index contributed by atoms with van der Waals surface area (Å²) in [4.78, 5) is 0. The SMILES string of the molecule is CC(C)Cc1ccccc1C(O)CC(F)(F)F. The number of alkyl halides is 3. The van der Waals surface area contributed by atoms with Gasteiger partial charge in [0, 0.05) is 0 Å². The summed E-state index contributed by atoms with van der Waals surface area (Å²) >= 11 is 0. The Bertz CT molecular complexity index is 358. The van der Waals surface area contributed by atoms with Gasteiger partial charge in [0.1, 0.15) is 0 Å². The van der Waals surface area contributed by atoms with Gasteiger partial charge in [0.05, 0.1) is 12.5 Å². The van der Waals surface area contributed by atoms with E-state index >= 15 is 0 Å². The molecule has 0 spiro atoms. The summed E-state index contributed by atoms with van der Waals surface area (Å²) in [6.45, 7) is 3.99. The maximum atomic E-state index is 12.2. The molecular weight excluding hydrogens is 229 g/mol. The molecule has 0 aliphatic rings. The molecule has 1 N–H and O–H groups in total. The molecule has 0 aromatic heterocycles. The predicted octanol–water partition coefficient (Wildman–Crippen LogP) is 3.87. The van der Waals surface area contributed by atoms with Gasteiger partial charge in [0.15, 0.2) is 0 Å². The van der Waals surface area contributed by atoms with E-state index in [-0.39, 0.29) is 0 Å². The zero-order chi connectivity index (χ0) is 13.1. The molecule has 0 bridgehead atoms. The van der Waals surface area contributed by atoms with E-state index in [2.05, 4.69) is 0 Å². The van der Waals surface area contributed by atoms with Gasteiger partial charge in [0.25, 0.3) is 0 Å². The molecule has 0 aliphatic carbocycles. The second-order valence-corrected chi connectivity index (χ2v) is 4.63. The Hall–Kier alpha value is -1.03. The molecule has 17 heavy (non-hydrogen) atoms. The fourth-order valence-corrected chi connectivity index (χ4v) is 1.81. The molecular formula is C13H17F3O. The van der Waals surface area contributed by atoms with Crippen molar-refractivity contribution in [3.8, 4) is 0 Å². The minimum Gasteiger partial charge on any atom is -0.388 e. The lowest BCUT2D eigenvalue weighted by atomic mass is 9.94. The summed E-state index contributed by atoms with van der Waals surface area (Å²) in [5.74, 6) is 0.342. The number of halogens is 3. The molecule has 1 aromatic rings. The molecule has 0 saturated carbocycles. The van der Waals surface area contributed by atoms with Crippen LogP contribution in [0.3, 0.4) is 0 Å². The molecule has 4 heteroatoms. The van der Waals surface area contributed by atoms with Crippen molar-refractivity contribution in [3.05, 3.63) is 35.4 Å². The molecule has 0 radical (unpaired) electrons. The lowest BCUT2D eigenvalue weighted by Gasteiger charge is -2.18. The van der Waals surface area contributed by atoms with E-state index in [0.29, 0.717) is 17.9 Å². The first-order valence-corrected chi connectivity index (χ1v) is 5.62. The van der Waals surface area contributed by atoms with Crippen LogP contribution in [0.25, 0.3) is 0 Å². The summed E-state index contributed by atoms with van der Waals surface area (Å²) in [6.07, 6.45) is -6.33. The summed E-state index contributed by atoms with van der Waals surface area (Å²) < 4.78 is 36.7. The van der Waals surface area contributed by atoms with Crippen molar-refractivity contribution in [2.75, 3.05) is 0 Å². The first-order chi connectivity index (χ1) is 7.79. The van der Waals surface area contributed by atoms with Crippen LogP contribution in [-0.4, -0.2) is 11.3 Å². The molecule has 1 nitrogen and oxygen atoms in total. The van der Waals surface area contributed by atoms with E-state index in [1.807, 2.05) is 13.8 Å². The lowest BCUT2D eigenvalue weighted by Crippen LogP contribution is -2.15. The first-order valence-electron chi connectivity index (χ1n) is 5.62. The largest absolute Gasteiger partial charge is 0.391 e. The Labute approximate surface area is 99.3 Å². The fraction of sp³-hybridized carbons (Fsp3) is 0.538. The average Bonchev–Trinajstić information content (AvgIpc) is 2.14. The molecule has 0 amide bonds. The van der Waals surface area contributed by atoms with Crippen molar-refractivity contribution < 1.29 is 18.3 Å². The van der Waals surface area contributed by atoms with Crippen LogP contribution in [-0.2, 0) is 6.42 Å². The van der Waals surface area contributed by atoms with Crippen molar-refractivity contribution in [1.29, 1.82) is 0 Å². The Kier molecular flexibility index (Phi) is 4.57. The number of rotatable bonds is 4. The second kappa shape index (κ2) is 5.54. The van der Waals surface area contributed by atoms with Crippen molar-refractivity contribution in [2.24, 2.45) is 5.92 Å². The Balaban J connectivity index is 2.88. The van der Waals surface area contributed by atoms with E-state index in [9.17, 15) is 18.3 Å². The topological polar surface area (TPSA) is 20.2 Å². The summed E-state index contributed by atoms with van der Waals surface area (Å²) in [7, 11) is 0. The van der Waals surface area contributed by atoms with Crippen molar-refractivity contribution in [2.45, 2.75) is 39.0 Å². The first kappa shape index (κ1) is 14.0. The number of hydrogen-bond donors (Lipinski definition) is 1. The van der Waals surface area contributed by atoms with Gasteiger partial charge in [-0.25, -0.2) is 0 Å². The highest BCUT2D eigenvalue weighted by Gasteiger charge is 2.32. The highest BCUT2D eigenvalue weighted by atomic mass is 19.4. The maximum Gasteiger partial charge on any atom is 0.391 e. The Morgan fingerprint density at radius 3 is 2.29 bits per heavy atom. The molecule has 0 fully saturated rings. The van der Waals surface area contributed by atoms with Crippen LogP contribution in [0.5, 0.6) is 0 Å². The highest BCUT2D eigenvalue weighted by Crippen LogP contribution is 2.31. The molecule has 0 heterocycles. The third-order valence-electron chi connectivity index (χ3n) is 2.47. The maximum absolute atomic E-state index is 12.2. The van der Waals surface area contributed by atoms with Gasteiger partial charge in [-0.15, -0.1) is 0 Å². The zero-order valence-electron chi connectivity index (χ0n) is 9.96. The van der Waals surface area contributed by atoms with Gasteiger partial charge in [-0.05, 0) is 23.5 Å². The van der Waals surface area contributed by atoms with Gasteiger partial charge in [-0.1, -0.05) is 38.1 Å². The van der Waals surface area contributed by atoms with Crippen LogP contribution >= 0.6 is 0 Å². The molecule has 96 valence electrons. The van der Waals surface area contributed by atoms with E-state index in [1.54, 1.807) is 24.3 Å². The van der Waals surface area contributed by atoms with Gasteiger partial charge in [-0.2, -0.15) is 13.2 Å². The minimum atomic E-state index is -4.34. The third-order valence-corrected chi connectivity index (χ3v) is 2.47. The fourth-order valence-electron chi connectivity index (χ4n) is 1.81. The van der Waals surface area contributed by atoms with Crippen LogP contribution in [0.2, 0.25) is 0 Å². The van der Waals surface area contributed by atoms with E-state index in [0.717, 1.165) is 5.56 Å². The monoisotopic (exact) mass is 246 g/mol. The molecule has 1 atom stereocenters. The molecule has 0 saturated heterocycles. The minimum absolute atomic E-state index is 0.342. The van der Waals surface area contributed by atoms with E-state index in [1.165, 1.54) is 0 Å². The van der Waals surface area contributed by atoms with Crippen LogP contribution in [0.4, 0.5) is 13.2 Å². The molecule has 0 aliphatic heterocycles. The predicted molar refractivity (Wildman–Crippen MR) is 60.6 cm³/mol. The van der Waals surface area contributed by atoms with Gasteiger partial charge in [0.2, 0.25) is 0 Å². The summed E-state index contributed by atoms with van der Waals surface area (Å²) in [6, 6.07) is 6.77. The van der Waals surface area contributed by atoms with Crippen LogP contribution in [0.15, 0.2) is 24.3 Å². The Morgan fingerprint density at radius 2 is 1.76 bits per heavy atom. The van der Waals surface area contributed by atoms with E-state index < -0.39 is 18.7 Å². The lowest BCUT2D eigenvalue weighted by molar-refractivity contribution is -0.154.